The van der Waals surface area contributed by atoms with Crippen LogP contribution in [0, 0.1) is 13.8 Å². The lowest BCUT2D eigenvalue weighted by molar-refractivity contribution is 0.0643. The van der Waals surface area contributed by atoms with Crippen LogP contribution in [0.25, 0.3) is 21.8 Å². The Kier molecular flexibility index (Phi) is 5.64. The predicted octanol–water partition coefficient (Wildman–Crippen LogP) is 7.62. The molecule has 5 rings (SSSR count). The van der Waals surface area contributed by atoms with Crippen LogP contribution in [0.1, 0.15) is 74.4 Å². The zero-order valence-corrected chi connectivity index (χ0v) is 21.0. The van der Waals surface area contributed by atoms with Gasteiger partial charge in [0.1, 0.15) is 0 Å². The van der Waals surface area contributed by atoms with Crippen LogP contribution in [0.2, 0.25) is 0 Å². The van der Waals surface area contributed by atoms with E-state index in [-0.39, 0.29) is 5.41 Å². The first-order valence-electron chi connectivity index (χ1n) is 12.7. The molecule has 1 aliphatic rings. The monoisotopic (exact) mass is 441 g/mol. The van der Waals surface area contributed by atoms with Gasteiger partial charge in [0.25, 0.3) is 0 Å². The highest BCUT2D eigenvalue weighted by atomic mass is 15.1. The van der Waals surface area contributed by atoms with Gasteiger partial charge in [0.15, 0.2) is 0 Å². The number of hydrogen-bond acceptors (Lipinski definition) is 1. The third-order valence-corrected chi connectivity index (χ3v) is 8.87. The van der Waals surface area contributed by atoms with Crippen LogP contribution in [0.4, 0.5) is 0 Å². The van der Waals surface area contributed by atoms with E-state index in [0.29, 0.717) is 5.54 Å². The quantitative estimate of drug-likeness (QED) is 0.317. The molecule has 1 aliphatic carbocycles. The molecule has 0 atom stereocenters. The molecule has 2 heterocycles. The summed E-state index contributed by atoms with van der Waals surface area (Å²) in [4.78, 5) is 10.4. The van der Waals surface area contributed by atoms with Crippen molar-refractivity contribution in [3.05, 3.63) is 71.0 Å². The number of benzene rings is 2. The summed E-state index contributed by atoms with van der Waals surface area (Å²) in [6.45, 7) is 6.95. The van der Waals surface area contributed by atoms with Gasteiger partial charge in [-0.3, -0.25) is 0 Å². The molecule has 0 amide bonds. The highest BCUT2D eigenvalue weighted by molar-refractivity contribution is 5.87. The molecule has 33 heavy (non-hydrogen) atoms. The number of nitrogens with one attached hydrogen (secondary N) is 2. The second-order valence-electron chi connectivity index (χ2n) is 10.6. The molecule has 3 nitrogen and oxygen atoms in total. The molecule has 1 saturated carbocycles. The summed E-state index contributed by atoms with van der Waals surface area (Å²) >= 11 is 0. The molecule has 2 aromatic carbocycles. The Balaban J connectivity index is 1.68. The topological polar surface area (TPSA) is 34.8 Å². The molecule has 0 saturated heterocycles. The average molecular weight is 442 g/mol. The summed E-state index contributed by atoms with van der Waals surface area (Å²) in [6, 6.07) is 17.6. The molecule has 2 N–H and O–H groups in total. The fourth-order valence-electron chi connectivity index (χ4n) is 6.72. The Hall–Kier alpha value is -2.52. The van der Waals surface area contributed by atoms with E-state index >= 15 is 0 Å². The van der Waals surface area contributed by atoms with Crippen molar-refractivity contribution in [1.82, 2.24) is 14.9 Å². The van der Waals surface area contributed by atoms with Gasteiger partial charge in [-0.15, -0.1) is 0 Å². The molecule has 0 aliphatic heterocycles. The molecule has 1 fully saturated rings. The Morgan fingerprint density at radius 2 is 1.24 bits per heavy atom. The number of nitrogens with zero attached hydrogens (tertiary/aromatic N) is 1. The molecule has 0 spiro atoms. The summed E-state index contributed by atoms with van der Waals surface area (Å²) in [5.74, 6) is 0. The lowest BCUT2D eigenvalue weighted by atomic mass is 9.61. The molecule has 0 unspecified atom stereocenters. The Morgan fingerprint density at radius 3 is 1.67 bits per heavy atom. The van der Waals surface area contributed by atoms with Gasteiger partial charge in [-0.05, 0) is 83.3 Å². The van der Waals surface area contributed by atoms with E-state index < -0.39 is 0 Å². The summed E-state index contributed by atoms with van der Waals surface area (Å²) < 4.78 is 0. The van der Waals surface area contributed by atoms with Crippen LogP contribution in [0.5, 0.6) is 0 Å². The first-order valence-corrected chi connectivity index (χ1v) is 12.7. The van der Waals surface area contributed by atoms with Gasteiger partial charge in [-0.2, -0.15) is 0 Å². The van der Waals surface area contributed by atoms with Gasteiger partial charge in [0, 0.05) is 38.7 Å². The Morgan fingerprint density at radius 1 is 0.758 bits per heavy atom. The van der Waals surface area contributed by atoms with Crippen LogP contribution in [0.3, 0.4) is 0 Å². The van der Waals surface area contributed by atoms with Crippen LogP contribution in [0.15, 0.2) is 48.5 Å². The summed E-state index contributed by atoms with van der Waals surface area (Å²) in [5.41, 5.74) is 8.46. The van der Waals surface area contributed by atoms with E-state index in [4.69, 9.17) is 0 Å². The van der Waals surface area contributed by atoms with Crippen molar-refractivity contribution < 1.29 is 0 Å². The van der Waals surface area contributed by atoms with Crippen molar-refractivity contribution in [2.75, 3.05) is 14.1 Å². The van der Waals surface area contributed by atoms with Crippen LogP contribution >= 0.6 is 0 Å². The predicted molar refractivity (Wildman–Crippen MR) is 141 cm³/mol. The lowest BCUT2D eigenvalue weighted by Crippen LogP contribution is -2.51. The van der Waals surface area contributed by atoms with Crippen LogP contribution in [-0.4, -0.2) is 34.5 Å². The van der Waals surface area contributed by atoms with Crippen molar-refractivity contribution in [1.29, 1.82) is 0 Å². The van der Waals surface area contributed by atoms with Gasteiger partial charge in [0.05, 0.1) is 5.41 Å². The SMILES string of the molecule is CCCCC1(N(C)C)CCC(c2[nH]c3ccccc3c2C)(c2[nH]c3ccccc3c2C)CC1. The molecule has 2 aromatic heterocycles. The van der Waals surface area contributed by atoms with E-state index in [1.54, 1.807) is 0 Å². The standard InChI is InChI=1S/C30H39N3/c1-6-7-16-29(33(4)5)17-19-30(20-18-29,27-21(2)23-12-8-10-14-25(23)31-27)28-22(3)24-13-9-11-15-26(24)32-28/h8-15,31-32H,6-7,16-20H2,1-5H3. The number of fused-ring (bicyclic) bond motifs is 2. The molecule has 0 radical (unpaired) electrons. The number of H-pyrrole nitrogens is 2. The van der Waals surface area contributed by atoms with Crippen LogP contribution in [-0.2, 0) is 5.41 Å². The summed E-state index contributed by atoms with van der Waals surface area (Å²) in [6.07, 6.45) is 8.65. The van der Waals surface area contributed by atoms with Crippen molar-refractivity contribution in [2.24, 2.45) is 0 Å². The third kappa shape index (κ3) is 3.44. The number of hydrogen-bond donors (Lipinski definition) is 2. The number of aromatic nitrogens is 2. The number of aryl methyl sites for hydroxylation is 2. The fourth-order valence-corrected chi connectivity index (χ4v) is 6.72. The first-order chi connectivity index (χ1) is 15.9. The minimum atomic E-state index is -0.0159. The summed E-state index contributed by atoms with van der Waals surface area (Å²) in [5, 5.41) is 2.71. The van der Waals surface area contributed by atoms with Crippen molar-refractivity contribution in [2.45, 2.75) is 76.7 Å². The first kappa shape index (κ1) is 22.3. The smallest absolute Gasteiger partial charge is 0.0511 e. The minimum Gasteiger partial charge on any atom is -0.357 e. The number of aromatic amines is 2. The number of rotatable bonds is 6. The molecular weight excluding hydrogens is 402 g/mol. The van der Waals surface area contributed by atoms with E-state index in [1.807, 2.05) is 0 Å². The summed E-state index contributed by atoms with van der Waals surface area (Å²) in [7, 11) is 4.59. The van der Waals surface area contributed by atoms with Gasteiger partial charge >= 0.3 is 0 Å². The number of unbranched alkanes of at least 4 members (excludes halogenated alkanes) is 1. The highest BCUT2D eigenvalue weighted by Gasteiger charge is 2.48. The van der Waals surface area contributed by atoms with E-state index in [9.17, 15) is 0 Å². The minimum absolute atomic E-state index is 0.0159. The lowest BCUT2D eigenvalue weighted by Gasteiger charge is -2.50. The second kappa shape index (κ2) is 8.36. The molecule has 174 valence electrons. The zero-order valence-electron chi connectivity index (χ0n) is 21.0. The molecular formula is C30H39N3. The molecule has 3 heteroatoms. The third-order valence-electron chi connectivity index (χ3n) is 8.87. The van der Waals surface area contributed by atoms with Crippen molar-refractivity contribution in [3.63, 3.8) is 0 Å². The average Bonchev–Trinajstić information content (AvgIpc) is 3.36. The second-order valence-corrected chi connectivity index (χ2v) is 10.6. The molecule has 4 aromatic rings. The normalized spacial score (nSPS) is 17.9. The number of para-hydroxylation sites is 2. The van der Waals surface area contributed by atoms with Gasteiger partial charge < -0.3 is 14.9 Å². The maximum atomic E-state index is 3.91. The van der Waals surface area contributed by atoms with E-state index in [1.165, 1.54) is 76.4 Å². The van der Waals surface area contributed by atoms with Crippen molar-refractivity contribution >= 4 is 21.8 Å². The highest BCUT2D eigenvalue weighted by Crippen LogP contribution is 2.52. The largest absolute Gasteiger partial charge is 0.357 e. The Bertz CT molecular complexity index is 1180. The van der Waals surface area contributed by atoms with Gasteiger partial charge in [-0.1, -0.05) is 56.2 Å². The van der Waals surface area contributed by atoms with E-state index in [0.717, 1.165) is 12.8 Å². The zero-order chi connectivity index (χ0) is 23.2. The maximum absolute atomic E-state index is 3.91. The van der Waals surface area contributed by atoms with E-state index in [2.05, 4.69) is 98.3 Å². The van der Waals surface area contributed by atoms with Crippen molar-refractivity contribution in [3.8, 4) is 0 Å². The fraction of sp³-hybridized carbons (Fsp3) is 0.467. The molecule has 0 bridgehead atoms. The van der Waals surface area contributed by atoms with Gasteiger partial charge in [-0.25, -0.2) is 0 Å². The maximum Gasteiger partial charge on any atom is 0.0511 e. The Labute approximate surface area is 198 Å². The van der Waals surface area contributed by atoms with Crippen LogP contribution < -0.4 is 0 Å². The van der Waals surface area contributed by atoms with Gasteiger partial charge in [0.2, 0.25) is 0 Å².